The van der Waals surface area contributed by atoms with Gasteiger partial charge in [-0.25, -0.2) is 4.79 Å². The number of hydrogen-bond acceptors (Lipinski definition) is 4. The normalized spacial score (nSPS) is 19.4. The molecule has 2 saturated heterocycles. The Morgan fingerprint density at radius 1 is 1.22 bits per heavy atom. The van der Waals surface area contributed by atoms with Gasteiger partial charge in [-0.2, -0.15) is 5.26 Å². The van der Waals surface area contributed by atoms with Gasteiger partial charge >= 0.3 is 6.03 Å². The molecule has 0 saturated carbocycles. The van der Waals surface area contributed by atoms with Gasteiger partial charge in [0.05, 0.1) is 11.6 Å². The zero-order chi connectivity index (χ0) is 16.1. The van der Waals surface area contributed by atoms with Crippen LogP contribution in [-0.4, -0.2) is 61.2 Å². The van der Waals surface area contributed by atoms with Crippen molar-refractivity contribution in [1.82, 2.24) is 15.1 Å². The number of nitrogens with zero attached hydrogens (tertiary/aromatic N) is 3. The number of amides is 2. The summed E-state index contributed by atoms with van der Waals surface area (Å²) in [6.07, 6.45) is 2.06. The van der Waals surface area contributed by atoms with Crippen molar-refractivity contribution in [2.75, 3.05) is 39.3 Å². The average Bonchev–Trinajstić information content (AvgIpc) is 3.02. The molecule has 0 atom stereocenters. The number of nitriles is 1. The fraction of sp³-hybridized carbons (Fsp3) is 0.529. The van der Waals surface area contributed by atoms with Crippen LogP contribution in [0.1, 0.15) is 18.4 Å². The summed E-state index contributed by atoms with van der Waals surface area (Å²) in [5, 5.41) is 11.6. The van der Waals surface area contributed by atoms with E-state index in [2.05, 4.69) is 16.3 Å². The Bertz CT molecular complexity index is 573. The average molecular weight is 314 g/mol. The lowest BCUT2D eigenvalue weighted by Crippen LogP contribution is -2.46. The molecule has 0 radical (unpaired) electrons. The molecule has 122 valence electrons. The molecular formula is C17H22N4O2. The van der Waals surface area contributed by atoms with E-state index in [9.17, 15) is 4.79 Å². The third-order valence-corrected chi connectivity index (χ3v) is 4.55. The highest BCUT2D eigenvalue weighted by atomic mass is 16.5. The fourth-order valence-electron chi connectivity index (χ4n) is 3.21. The first-order chi connectivity index (χ1) is 11.3. The molecular weight excluding hydrogens is 292 g/mol. The van der Waals surface area contributed by atoms with Gasteiger partial charge < -0.3 is 15.0 Å². The monoisotopic (exact) mass is 314 g/mol. The molecule has 6 heteroatoms. The van der Waals surface area contributed by atoms with Crippen LogP contribution in [0, 0.1) is 11.3 Å². The molecule has 23 heavy (non-hydrogen) atoms. The van der Waals surface area contributed by atoms with Gasteiger partial charge in [0.25, 0.3) is 0 Å². The quantitative estimate of drug-likeness (QED) is 0.892. The predicted octanol–water partition coefficient (Wildman–Crippen LogP) is 1.43. The van der Waals surface area contributed by atoms with E-state index >= 15 is 0 Å². The van der Waals surface area contributed by atoms with E-state index in [1.165, 1.54) is 0 Å². The Balaban J connectivity index is 1.37. The summed E-state index contributed by atoms with van der Waals surface area (Å²) in [7, 11) is 0. The Hall–Kier alpha value is -2.26. The van der Waals surface area contributed by atoms with Gasteiger partial charge in [-0.05, 0) is 37.1 Å². The lowest BCUT2D eigenvalue weighted by molar-refractivity contribution is 0.123. The lowest BCUT2D eigenvalue weighted by atomic mass is 10.0. The van der Waals surface area contributed by atoms with E-state index in [1.54, 1.807) is 12.1 Å². The van der Waals surface area contributed by atoms with Crippen molar-refractivity contribution >= 4 is 6.03 Å². The first-order valence-electron chi connectivity index (χ1n) is 8.16. The maximum absolute atomic E-state index is 11.7. The second-order valence-electron chi connectivity index (χ2n) is 5.98. The lowest BCUT2D eigenvalue weighted by Gasteiger charge is -2.36. The third kappa shape index (κ3) is 3.93. The summed E-state index contributed by atoms with van der Waals surface area (Å²) in [6, 6.07) is 9.76. The number of hydrogen-bond donors (Lipinski definition) is 1. The van der Waals surface area contributed by atoms with Crippen molar-refractivity contribution < 1.29 is 9.53 Å². The smallest absolute Gasteiger partial charge is 0.317 e. The topological polar surface area (TPSA) is 68.6 Å². The van der Waals surface area contributed by atoms with E-state index in [-0.39, 0.29) is 6.03 Å². The second-order valence-corrected chi connectivity index (χ2v) is 5.98. The first kappa shape index (κ1) is 15.6. The molecule has 0 unspecified atom stereocenters. The van der Waals surface area contributed by atoms with Crippen LogP contribution in [0.4, 0.5) is 4.79 Å². The van der Waals surface area contributed by atoms with Crippen LogP contribution < -0.4 is 10.1 Å². The summed E-state index contributed by atoms with van der Waals surface area (Å²) in [4.78, 5) is 16.1. The second kappa shape index (κ2) is 7.34. The van der Waals surface area contributed by atoms with E-state index in [4.69, 9.17) is 10.00 Å². The summed E-state index contributed by atoms with van der Waals surface area (Å²) in [5.74, 6) is 0.799. The number of carbonyl (C=O) groups excluding carboxylic acids is 1. The van der Waals surface area contributed by atoms with Crippen molar-refractivity contribution in [2.45, 2.75) is 18.9 Å². The number of piperidine rings is 1. The molecule has 1 aromatic rings. The maximum Gasteiger partial charge on any atom is 0.317 e. The molecule has 1 aromatic carbocycles. The van der Waals surface area contributed by atoms with Gasteiger partial charge in [0, 0.05) is 38.8 Å². The molecule has 0 aromatic heterocycles. The van der Waals surface area contributed by atoms with E-state index < -0.39 is 0 Å². The van der Waals surface area contributed by atoms with E-state index in [0.29, 0.717) is 18.2 Å². The number of urea groups is 1. The van der Waals surface area contributed by atoms with Crippen molar-refractivity contribution in [3.05, 3.63) is 29.8 Å². The first-order valence-corrected chi connectivity index (χ1v) is 8.16. The summed E-state index contributed by atoms with van der Waals surface area (Å²) >= 11 is 0. The van der Waals surface area contributed by atoms with Crippen molar-refractivity contribution in [3.8, 4) is 11.8 Å². The number of ether oxygens (including phenoxy) is 1. The highest BCUT2D eigenvalue weighted by Crippen LogP contribution is 2.18. The Kier molecular flexibility index (Phi) is 4.99. The van der Waals surface area contributed by atoms with Crippen LogP contribution in [0.25, 0.3) is 0 Å². The highest BCUT2D eigenvalue weighted by Gasteiger charge is 2.30. The minimum absolute atomic E-state index is 0.0904. The van der Waals surface area contributed by atoms with Gasteiger partial charge in [-0.1, -0.05) is 0 Å². The minimum atomic E-state index is 0.0904. The fourth-order valence-corrected chi connectivity index (χ4v) is 3.21. The van der Waals surface area contributed by atoms with Gasteiger partial charge in [0.15, 0.2) is 0 Å². The molecule has 0 bridgehead atoms. The van der Waals surface area contributed by atoms with Gasteiger partial charge in [0.2, 0.25) is 0 Å². The van der Waals surface area contributed by atoms with Gasteiger partial charge in [0.1, 0.15) is 12.4 Å². The van der Waals surface area contributed by atoms with Gasteiger partial charge in [-0.15, -0.1) is 0 Å². The van der Waals surface area contributed by atoms with Crippen LogP contribution in [0.5, 0.6) is 5.75 Å². The van der Waals surface area contributed by atoms with E-state index in [0.717, 1.165) is 51.3 Å². The molecule has 0 spiro atoms. The molecule has 1 N–H and O–H groups in total. The van der Waals surface area contributed by atoms with Crippen molar-refractivity contribution in [2.24, 2.45) is 0 Å². The van der Waals surface area contributed by atoms with Gasteiger partial charge in [-0.3, -0.25) is 4.90 Å². The number of nitrogens with one attached hydrogen (secondary N) is 1. The van der Waals surface area contributed by atoms with Crippen LogP contribution in [0.2, 0.25) is 0 Å². The zero-order valence-electron chi connectivity index (χ0n) is 13.2. The molecule has 6 nitrogen and oxygen atoms in total. The van der Waals surface area contributed by atoms with Crippen LogP contribution in [0.15, 0.2) is 24.3 Å². The zero-order valence-corrected chi connectivity index (χ0v) is 13.2. The Morgan fingerprint density at radius 3 is 2.57 bits per heavy atom. The largest absolute Gasteiger partial charge is 0.492 e. The van der Waals surface area contributed by atoms with Crippen LogP contribution in [-0.2, 0) is 0 Å². The number of carbonyl (C=O) groups is 1. The number of likely N-dealkylation sites (tertiary alicyclic amines) is 1. The maximum atomic E-state index is 11.7. The Morgan fingerprint density at radius 2 is 1.96 bits per heavy atom. The molecule has 0 aliphatic carbocycles. The molecule has 2 amide bonds. The molecule has 2 aliphatic rings. The summed E-state index contributed by atoms with van der Waals surface area (Å²) in [6.45, 7) is 5.15. The third-order valence-electron chi connectivity index (χ3n) is 4.55. The number of benzene rings is 1. The highest BCUT2D eigenvalue weighted by molar-refractivity contribution is 5.76. The SMILES string of the molecule is N#Cc1ccc(OCCN2CCC(N3CCNC3=O)CC2)cc1. The van der Waals surface area contributed by atoms with Crippen molar-refractivity contribution in [3.63, 3.8) is 0 Å². The van der Waals surface area contributed by atoms with E-state index in [1.807, 2.05) is 17.0 Å². The summed E-state index contributed by atoms with van der Waals surface area (Å²) < 4.78 is 5.73. The molecule has 2 aliphatic heterocycles. The predicted molar refractivity (Wildman–Crippen MR) is 86.2 cm³/mol. The molecule has 2 heterocycles. The summed E-state index contributed by atoms with van der Waals surface area (Å²) in [5.41, 5.74) is 0.644. The number of rotatable bonds is 5. The minimum Gasteiger partial charge on any atom is -0.492 e. The van der Waals surface area contributed by atoms with Crippen molar-refractivity contribution in [1.29, 1.82) is 5.26 Å². The van der Waals surface area contributed by atoms with Crippen LogP contribution in [0.3, 0.4) is 0 Å². The molecule has 2 fully saturated rings. The Labute approximate surface area is 136 Å². The van der Waals surface area contributed by atoms with Crippen LogP contribution >= 0.6 is 0 Å². The standard InChI is InChI=1S/C17H22N4O2/c18-13-14-1-3-16(4-2-14)23-12-11-20-8-5-15(6-9-20)21-10-7-19-17(21)22/h1-4,15H,5-12H2,(H,19,22). The molecule has 3 rings (SSSR count).